The summed E-state index contributed by atoms with van der Waals surface area (Å²) in [6, 6.07) is 9.92. The number of anilines is 1. The van der Waals surface area contributed by atoms with Crippen LogP contribution in [-0.2, 0) is 11.2 Å². The van der Waals surface area contributed by atoms with Crippen LogP contribution in [0.2, 0.25) is 0 Å². The van der Waals surface area contributed by atoms with Crippen LogP contribution in [-0.4, -0.2) is 52.2 Å². The third kappa shape index (κ3) is 3.69. The van der Waals surface area contributed by atoms with Crippen LogP contribution < -0.4 is 4.90 Å². The van der Waals surface area contributed by atoms with E-state index in [-0.39, 0.29) is 11.3 Å². The topological polar surface area (TPSA) is 62.2 Å². The van der Waals surface area contributed by atoms with Crippen LogP contribution in [0.1, 0.15) is 31.4 Å². The van der Waals surface area contributed by atoms with Gasteiger partial charge in [-0.1, -0.05) is 6.07 Å². The summed E-state index contributed by atoms with van der Waals surface area (Å²) >= 11 is 0. The number of carbonyl (C=O) groups excluding carboxylic acids is 1. The Kier molecular flexibility index (Phi) is 4.82. The van der Waals surface area contributed by atoms with Crippen LogP contribution in [0.4, 0.5) is 5.82 Å². The molecule has 0 aromatic carbocycles. The van der Waals surface area contributed by atoms with Crippen molar-refractivity contribution < 1.29 is 4.79 Å². The third-order valence-electron chi connectivity index (χ3n) is 5.66. The predicted octanol–water partition coefficient (Wildman–Crippen LogP) is 2.32. The molecule has 0 aliphatic carbocycles. The van der Waals surface area contributed by atoms with Crippen LogP contribution in [0.5, 0.6) is 0 Å². The quantitative estimate of drug-likeness (QED) is 0.846. The molecular formula is C20H25N5O. The minimum absolute atomic E-state index is 0.174. The van der Waals surface area contributed by atoms with E-state index in [1.807, 2.05) is 36.5 Å². The molecule has 0 radical (unpaired) electrons. The van der Waals surface area contributed by atoms with Crippen molar-refractivity contribution in [3.05, 3.63) is 48.4 Å². The average molecular weight is 351 g/mol. The fraction of sp³-hybridized carbons (Fsp3) is 0.500. The van der Waals surface area contributed by atoms with E-state index in [4.69, 9.17) is 0 Å². The van der Waals surface area contributed by atoms with Gasteiger partial charge in [0.25, 0.3) is 0 Å². The van der Waals surface area contributed by atoms with Gasteiger partial charge in [-0.15, -0.1) is 5.10 Å². The fourth-order valence-electron chi connectivity index (χ4n) is 4.30. The van der Waals surface area contributed by atoms with Gasteiger partial charge >= 0.3 is 0 Å². The summed E-state index contributed by atoms with van der Waals surface area (Å²) in [6.07, 6.45) is 8.28. The molecule has 4 heterocycles. The Labute approximate surface area is 154 Å². The molecule has 4 rings (SSSR count). The van der Waals surface area contributed by atoms with Gasteiger partial charge in [-0.2, -0.15) is 5.10 Å². The normalized spacial score (nSPS) is 23.5. The van der Waals surface area contributed by atoms with Crippen LogP contribution in [0.3, 0.4) is 0 Å². The number of aromatic nitrogens is 3. The maximum atomic E-state index is 12.5. The number of piperidine rings is 2. The zero-order chi connectivity index (χ0) is 17.8. The molecule has 26 heavy (non-hydrogen) atoms. The van der Waals surface area contributed by atoms with Crippen molar-refractivity contribution in [2.45, 2.75) is 32.1 Å². The first-order valence-corrected chi connectivity index (χ1v) is 9.45. The van der Waals surface area contributed by atoms with E-state index in [0.29, 0.717) is 6.42 Å². The number of likely N-dealkylation sites (tertiary alicyclic amines) is 1. The summed E-state index contributed by atoms with van der Waals surface area (Å²) in [6.45, 7) is 3.57. The highest BCUT2D eigenvalue weighted by Crippen LogP contribution is 2.39. The van der Waals surface area contributed by atoms with Crippen molar-refractivity contribution in [3.63, 3.8) is 0 Å². The van der Waals surface area contributed by atoms with Gasteiger partial charge in [-0.25, -0.2) is 0 Å². The zero-order valence-corrected chi connectivity index (χ0v) is 15.0. The van der Waals surface area contributed by atoms with Crippen molar-refractivity contribution in [2.24, 2.45) is 5.41 Å². The predicted molar refractivity (Wildman–Crippen MR) is 99.7 cm³/mol. The van der Waals surface area contributed by atoms with Crippen molar-refractivity contribution in [2.75, 3.05) is 31.1 Å². The van der Waals surface area contributed by atoms with Gasteiger partial charge in [-0.3, -0.25) is 9.78 Å². The molecule has 136 valence electrons. The Morgan fingerprint density at radius 2 is 2.04 bits per heavy atom. The largest absolute Gasteiger partial charge is 0.355 e. The molecular weight excluding hydrogens is 326 g/mol. The Morgan fingerprint density at radius 1 is 1.08 bits per heavy atom. The Hall–Kier alpha value is -2.50. The standard InChI is InChI=1S/C20H25N5O/c26-19-7-10-20(16-25(19)14-8-17-5-1-2-11-21-17)9-4-13-24(15-20)18-6-3-12-22-23-18/h1-3,5-6,11-12H,4,7-10,13-16H2. The molecule has 0 N–H and O–H groups in total. The molecule has 2 fully saturated rings. The molecule has 0 saturated carbocycles. The highest BCUT2D eigenvalue weighted by Gasteiger charge is 2.41. The van der Waals surface area contributed by atoms with Crippen molar-refractivity contribution in [1.82, 2.24) is 20.1 Å². The first kappa shape index (κ1) is 16.9. The molecule has 6 heteroatoms. The molecule has 1 amide bonds. The van der Waals surface area contributed by atoms with E-state index >= 15 is 0 Å². The van der Waals surface area contributed by atoms with Gasteiger partial charge in [-0.05, 0) is 43.5 Å². The lowest BCUT2D eigenvalue weighted by molar-refractivity contribution is -0.137. The van der Waals surface area contributed by atoms with E-state index in [1.165, 1.54) is 6.42 Å². The van der Waals surface area contributed by atoms with E-state index in [9.17, 15) is 4.79 Å². The van der Waals surface area contributed by atoms with Gasteiger partial charge in [0, 0.05) is 62.5 Å². The minimum atomic E-state index is 0.174. The number of nitrogens with zero attached hydrogens (tertiary/aromatic N) is 5. The van der Waals surface area contributed by atoms with E-state index in [2.05, 4.69) is 25.0 Å². The number of hydrogen-bond acceptors (Lipinski definition) is 5. The van der Waals surface area contributed by atoms with Gasteiger partial charge < -0.3 is 9.80 Å². The smallest absolute Gasteiger partial charge is 0.222 e. The molecule has 2 aromatic heterocycles. The Morgan fingerprint density at radius 3 is 2.85 bits per heavy atom. The molecule has 1 atom stereocenters. The number of pyridine rings is 1. The molecule has 1 unspecified atom stereocenters. The summed E-state index contributed by atoms with van der Waals surface area (Å²) in [7, 11) is 0. The van der Waals surface area contributed by atoms with Crippen LogP contribution in [0.15, 0.2) is 42.7 Å². The molecule has 1 spiro atoms. The maximum Gasteiger partial charge on any atom is 0.222 e. The van der Waals surface area contributed by atoms with Crippen LogP contribution >= 0.6 is 0 Å². The van der Waals surface area contributed by atoms with Gasteiger partial charge in [0.2, 0.25) is 5.91 Å². The van der Waals surface area contributed by atoms with Gasteiger partial charge in [0.1, 0.15) is 0 Å². The second kappa shape index (κ2) is 7.40. The second-order valence-corrected chi connectivity index (χ2v) is 7.49. The summed E-state index contributed by atoms with van der Waals surface area (Å²) in [5, 5.41) is 8.30. The summed E-state index contributed by atoms with van der Waals surface area (Å²) in [5.74, 6) is 1.23. The van der Waals surface area contributed by atoms with Gasteiger partial charge in [0.15, 0.2) is 5.82 Å². The SMILES string of the molecule is O=C1CCC2(CCCN(c3cccnn3)C2)CN1CCc1ccccn1. The first-order valence-electron chi connectivity index (χ1n) is 9.45. The van der Waals surface area contributed by atoms with Crippen molar-refractivity contribution in [1.29, 1.82) is 0 Å². The summed E-state index contributed by atoms with van der Waals surface area (Å²) in [4.78, 5) is 21.2. The fourth-order valence-corrected chi connectivity index (χ4v) is 4.30. The maximum absolute atomic E-state index is 12.5. The summed E-state index contributed by atoms with van der Waals surface area (Å²) in [5.41, 5.74) is 1.22. The number of amides is 1. The highest BCUT2D eigenvalue weighted by atomic mass is 16.2. The lowest BCUT2D eigenvalue weighted by atomic mass is 9.73. The average Bonchev–Trinajstić information content (AvgIpc) is 2.70. The first-order chi connectivity index (χ1) is 12.7. The van der Waals surface area contributed by atoms with E-state index in [0.717, 1.165) is 57.0 Å². The molecule has 2 aliphatic heterocycles. The molecule has 6 nitrogen and oxygen atoms in total. The van der Waals surface area contributed by atoms with E-state index < -0.39 is 0 Å². The van der Waals surface area contributed by atoms with Crippen LogP contribution in [0.25, 0.3) is 0 Å². The van der Waals surface area contributed by atoms with Crippen molar-refractivity contribution in [3.8, 4) is 0 Å². The number of rotatable bonds is 4. The molecule has 2 aliphatic rings. The molecule has 2 saturated heterocycles. The molecule has 0 bridgehead atoms. The van der Waals surface area contributed by atoms with Crippen molar-refractivity contribution >= 4 is 11.7 Å². The summed E-state index contributed by atoms with van der Waals surface area (Å²) < 4.78 is 0. The molecule has 2 aromatic rings. The third-order valence-corrected chi connectivity index (χ3v) is 5.66. The van der Waals surface area contributed by atoms with E-state index in [1.54, 1.807) is 6.20 Å². The lowest BCUT2D eigenvalue weighted by Crippen LogP contribution is -2.54. The van der Waals surface area contributed by atoms with Crippen LogP contribution in [0, 0.1) is 5.41 Å². The Balaban J connectivity index is 1.43. The number of hydrogen-bond donors (Lipinski definition) is 0. The zero-order valence-electron chi connectivity index (χ0n) is 15.0. The van der Waals surface area contributed by atoms with Gasteiger partial charge in [0.05, 0.1) is 0 Å². The number of carbonyl (C=O) groups is 1. The Bertz CT molecular complexity index is 738. The minimum Gasteiger partial charge on any atom is -0.355 e. The second-order valence-electron chi connectivity index (χ2n) is 7.49. The lowest BCUT2D eigenvalue weighted by Gasteiger charge is -2.48. The monoisotopic (exact) mass is 351 g/mol. The highest BCUT2D eigenvalue weighted by molar-refractivity contribution is 5.77.